The highest BCUT2D eigenvalue weighted by Gasteiger charge is 2.15. The quantitative estimate of drug-likeness (QED) is 0.889. The van der Waals surface area contributed by atoms with Gasteiger partial charge in [0.25, 0.3) is 5.91 Å². The minimum atomic E-state index is -0.257. The van der Waals surface area contributed by atoms with Crippen LogP contribution in [0, 0.1) is 13.8 Å². The van der Waals surface area contributed by atoms with Gasteiger partial charge in [-0.1, -0.05) is 30.3 Å². The number of hydrogen-bond donors (Lipinski definition) is 2. The normalized spacial score (nSPS) is 12.2. The Balaban J connectivity index is 2.01. The van der Waals surface area contributed by atoms with Crippen molar-refractivity contribution >= 4 is 17.2 Å². The molecule has 1 aromatic carbocycles. The fourth-order valence-corrected chi connectivity index (χ4v) is 2.94. The third kappa shape index (κ3) is 3.68. The third-order valence-corrected chi connectivity index (χ3v) is 4.42. The van der Waals surface area contributed by atoms with E-state index in [-0.39, 0.29) is 18.6 Å². The molecule has 0 saturated carbocycles. The Bertz CT molecular complexity index is 558. The highest BCUT2D eigenvalue weighted by molar-refractivity contribution is 7.14. The molecule has 3 nitrogen and oxygen atoms in total. The summed E-state index contributed by atoms with van der Waals surface area (Å²) < 4.78 is 0. The number of aryl methyl sites for hydroxylation is 2. The van der Waals surface area contributed by atoms with Crippen molar-refractivity contribution < 1.29 is 9.90 Å². The smallest absolute Gasteiger partial charge is 0.261 e. The van der Waals surface area contributed by atoms with Crippen molar-refractivity contribution in [3.63, 3.8) is 0 Å². The van der Waals surface area contributed by atoms with E-state index in [1.807, 2.05) is 50.2 Å². The Kier molecular flexibility index (Phi) is 4.93. The first-order valence-electron chi connectivity index (χ1n) is 6.63. The van der Waals surface area contributed by atoms with Gasteiger partial charge >= 0.3 is 0 Å². The van der Waals surface area contributed by atoms with Gasteiger partial charge in [0.15, 0.2) is 0 Å². The first-order valence-corrected chi connectivity index (χ1v) is 7.44. The summed E-state index contributed by atoms with van der Waals surface area (Å²) in [6.07, 6.45) is 0.631. The Hall–Kier alpha value is -1.65. The summed E-state index contributed by atoms with van der Waals surface area (Å²) in [7, 11) is 0. The molecule has 1 amide bonds. The van der Waals surface area contributed by atoms with Crippen LogP contribution >= 0.6 is 11.3 Å². The number of carbonyl (C=O) groups excluding carboxylic acids is 1. The lowest BCUT2D eigenvalue weighted by atomic mass is 10.1. The number of nitrogens with one attached hydrogen (secondary N) is 1. The van der Waals surface area contributed by atoms with E-state index < -0.39 is 0 Å². The summed E-state index contributed by atoms with van der Waals surface area (Å²) in [5.74, 6) is -0.110. The summed E-state index contributed by atoms with van der Waals surface area (Å²) in [5.41, 5.74) is 2.23. The zero-order valence-corrected chi connectivity index (χ0v) is 12.5. The van der Waals surface area contributed by atoms with Gasteiger partial charge in [-0.2, -0.15) is 0 Å². The molecule has 4 heteroatoms. The number of benzene rings is 1. The van der Waals surface area contributed by atoms with E-state index in [1.54, 1.807) is 0 Å². The molecule has 0 aliphatic heterocycles. The van der Waals surface area contributed by atoms with Gasteiger partial charge in [0.05, 0.1) is 17.5 Å². The van der Waals surface area contributed by atoms with E-state index in [0.717, 1.165) is 16.0 Å². The van der Waals surface area contributed by atoms with Crippen molar-refractivity contribution in [2.75, 3.05) is 6.61 Å². The van der Waals surface area contributed by atoms with Crippen LogP contribution in [0.25, 0.3) is 0 Å². The predicted octanol–water partition coefficient (Wildman–Crippen LogP) is 2.70. The zero-order valence-electron chi connectivity index (χ0n) is 11.7. The van der Waals surface area contributed by atoms with Gasteiger partial charge in [-0.15, -0.1) is 11.3 Å². The molecule has 2 N–H and O–H groups in total. The molecule has 2 aromatic rings. The van der Waals surface area contributed by atoms with Crippen LogP contribution in [0.1, 0.15) is 25.7 Å². The summed E-state index contributed by atoms with van der Waals surface area (Å²) in [4.78, 5) is 14.0. The van der Waals surface area contributed by atoms with Crippen LogP contribution < -0.4 is 5.32 Å². The molecule has 0 radical (unpaired) electrons. The van der Waals surface area contributed by atoms with Crippen molar-refractivity contribution in [1.82, 2.24) is 5.32 Å². The number of carbonyl (C=O) groups is 1. The lowest BCUT2D eigenvalue weighted by molar-refractivity contribution is 0.0920. The number of rotatable bonds is 5. The second kappa shape index (κ2) is 6.68. The second-order valence-corrected chi connectivity index (χ2v) is 6.15. The van der Waals surface area contributed by atoms with Crippen LogP contribution in [0.4, 0.5) is 0 Å². The van der Waals surface area contributed by atoms with Gasteiger partial charge in [-0.05, 0) is 37.5 Å². The highest BCUT2D eigenvalue weighted by Crippen LogP contribution is 2.20. The summed E-state index contributed by atoms with van der Waals surface area (Å²) in [6.45, 7) is 3.93. The number of amides is 1. The predicted molar refractivity (Wildman–Crippen MR) is 82.3 cm³/mol. The molecule has 0 spiro atoms. The molecule has 1 heterocycles. The van der Waals surface area contributed by atoms with E-state index >= 15 is 0 Å². The number of aliphatic hydroxyl groups excluding tert-OH is 1. The minimum absolute atomic E-state index is 0.0655. The van der Waals surface area contributed by atoms with E-state index in [1.165, 1.54) is 11.3 Å². The van der Waals surface area contributed by atoms with Crippen molar-refractivity contribution in [2.24, 2.45) is 0 Å². The molecule has 0 saturated heterocycles. The van der Waals surface area contributed by atoms with Gasteiger partial charge in [0.1, 0.15) is 0 Å². The molecule has 0 unspecified atom stereocenters. The lowest BCUT2D eigenvalue weighted by Gasteiger charge is -2.15. The molecule has 1 aromatic heterocycles. The SMILES string of the molecule is Cc1cc(C(=O)N[C@@H](CO)Cc2ccccc2)sc1C. The molecular weight excluding hydrogens is 270 g/mol. The fraction of sp³-hybridized carbons (Fsp3) is 0.312. The van der Waals surface area contributed by atoms with Gasteiger partial charge in [0, 0.05) is 4.88 Å². The zero-order chi connectivity index (χ0) is 14.5. The Labute approximate surface area is 123 Å². The molecule has 2 rings (SSSR count). The molecule has 0 aliphatic carbocycles. The topological polar surface area (TPSA) is 49.3 Å². The standard InChI is InChI=1S/C16H19NO2S/c1-11-8-15(20-12(11)2)16(19)17-14(10-18)9-13-6-4-3-5-7-13/h3-8,14,18H,9-10H2,1-2H3,(H,17,19)/t14-/m1/s1. The molecule has 106 valence electrons. The highest BCUT2D eigenvalue weighted by atomic mass is 32.1. The first-order chi connectivity index (χ1) is 9.60. The lowest BCUT2D eigenvalue weighted by Crippen LogP contribution is -2.38. The van der Waals surface area contributed by atoms with E-state index in [2.05, 4.69) is 5.32 Å². The van der Waals surface area contributed by atoms with Gasteiger partial charge in [-0.3, -0.25) is 4.79 Å². The third-order valence-electron chi connectivity index (χ3n) is 3.27. The largest absolute Gasteiger partial charge is 0.394 e. The Morgan fingerprint density at radius 1 is 1.30 bits per heavy atom. The maximum Gasteiger partial charge on any atom is 0.261 e. The average Bonchev–Trinajstić information content (AvgIpc) is 2.79. The molecule has 20 heavy (non-hydrogen) atoms. The van der Waals surface area contributed by atoms with Crippen LogP contribution in [-0.4, -0.2) is 23.7 Å². The van der Waals surface area contributed by atoms with Crippen molar-refractivity contribution in [3.8, 4) is 0 Å². The molecule has 0 aliphatic rings. The summed E-state index contributed by atoms with van der Waals surface area (Å²) in [6, 6.07) is 11.5. The molecule has 0 bridgehead atoms. The summed E-state index contributed by atoms with van der Waals surface area (Å²) >= 11 is 1.49. The Morgan fingerprint density at radius 2 is 2.00 bits per heavy atom. The van der Waals surface area contributed by atoms with Crippen LogP contribution in [0.3, 0.4) is 0 Å². The van der Waals surface area contributed by atoms with Crippen molar-refractivity contribution in [1.29, 1.82) is 0 Å². The van der Waals surface area contributed by atoms with E-state index in [9.17, 15) is 9.90 Å². The maximum absolute atomic E-state index is 12.2. The molecular formula is C16H19NO2S. The van der Waals surface area contributed by atoms with Gasteiger partial charge in [-0.25, -0.2) is 0 Å². The van der Waals surface area contributed by atoms with Crippen LogP contribution in [0.2, 0.25) is 0 Å². The van der Waals surface area contributed by atoms with Gasteiger partial charge in [0.2, 0.25) is 0 Å². The Morgan fingerprint density at radius 3 is 2.55 bits per heavy atom. The fourth-order valence-electron chi connectivity index (χ4n) is 2.00. The van der Waals surface area contributed by atoms with Crippen LogP contribution in [0.15, 0.2) is 36.4 Å². The average molecular weight is 289 g/mol. The minimum Gasteiger partial charge on any atom is -0.394 e. The van der Waals surface area contributed by atoms with E-state index in [4.69, 9.17) is 0 Å². The summed E-state index contributed by atoms with van der Waals surface area (Å²) in [5, 5.41) is 12.3. The molecule has 0 fully saturated rings. The monoisotopic (exact) mass is 289 g/mol. The number of thiophene rings is 1. The van der Waals surface area contributed by atoms with Crippen LogP contribution in [-0.2, 0) is 6.42 Å². The maximum atomic E-state index is 12.2. The molecule has 1 atom stereocenters. The van der Waals surface area contributed by atoms with Crippen molar-refractivity contribution in [2.45, 2.75) is 26.3 Å². The van der Waals surface area contributed by atoms with Gasteiger partial charge < -0.3 is 10.4 Å². The first kappa shape index (κ1) is 14.8. The number of aliphatic hydroxyl groups is 1. The number of hydrogen-bond acceptors (Lipinski definition) is 3. The van der Waals surface area contributed by atoms with E-state index in [0.29, 0.717) is 11.3 Å². The van der Waals surface area contributed by atoms with Crippen molar-refractivity contribution in [3.05, 3.63) is 57.3 Å². The van der Waals surface area contributed by atoms with Crippen LogP contribution in [0.5, 0.6) is 0 Å². The second-order valence-electron chi connectivity index (χ2n) is 4.89.